The molecule has 0 radical (unpaired) electrons. The number of nitrogens with zero attached hydrogens (tertiary/aromatic N) is 1. The molecule has 0 spiro atoms. The minimum Gasteiger partial charge on any atom is -0.870 e. The molecule has 0 saturated carbocycles. The van der Waals surface area contributed by atoms with Crippen LogP contribution in [-0.2, 0) is 14.9 Å². The maximum Gasteiger partial charge on any atom is 0.265 e. The van der Waals surface area contributed by atoms with Crippen LogP contribution in [0, 0.1) is 0 Å². The van der Waals surface area contributed by atoms with Crippen molar-refractivity contribution in [2.75, 3.05) is 26.4 Å². The molecule has 0 aliphatic rings. The average Bonchev–Trinajstić information content (AvgIpc) is 2.22. The van der Waals surface area contributed by atoms with E-state index >= 15 is 0 Å². The summed E-state index contributed by atoms with van der Waals surface area (Å²) in [6.07, 6.45) is 0.939. The fourth-order valence-electron chi connectivity index (χ4n) is 1.86. The maximum atomic E-state index is 11.6. The zero-order valence-corrected chi connectivity index (χ0v) is 13.4. The summed E-state index contributed by atoms with van der Waals surface area (Å²) in [4.78, 5) is 11.6. The first-order valence-electron chi connectivity index (χ1n) is 6.24. The lowest BCUT2D eigenvalue weighted by molar-refractivity contribution is -0.917. The van der Waals surface area contributed by atoms with Crippen molar-refractivity contribution in [3.05, 3.63) is 12.2 Å². The molecule has 0 aromatic heterocycles. The van der Waals surface area contributed by atoms with Gasteiger partial charge in [-0.15, -0.1) is 0 Å². The van der Waals surface area contributed by atoms with Gasteiger partial charge in [0.2, 0.25) is 0 Å². The first kappa shape index (κ1) is 21.3. The number of rotatable bonds is 8. The third kappa shape index (κ3) is 8.26. The van der Waals surface area contributed by atoms with E-state index in [1.807, 2.05) is 21.0 Å². The predicted molar refractivity (Wildman–Crippen MR) is 77.0 cm³/mol. The van der Waals surface area contributed by atoms with Crippen LogP contribution >= 0.6 is 0 Å². The molecule has 0 saturated heterocycles. The molecule has 0 rings (SSSR count). The predicted octanol–water partition coefficient (Wildman–Crippen LogP) is 0.592. The van der Waals surface area contributed by atoms with Gasteiger partial charge >= 0.3 is 0 Å². The van der Waals surface area contributed by atoms with Gasteiger partial charge in [-0.1, -0.05) is 13.5 Å². The Kier molecular flexibility index (Phi) is 8.91. The van der Waals surface area contributed by atoms with Crippen LogP contribution in [0.3, 0.4) is 0 Å². The van der Waals surface area contributed by atoms with Crippen LogP contribution in [0.1, 0.15) is 26.7 Å². The van der Waals surface area contributed by atoms with Crippen molar-refractivity contribution in [2.45, 2.75) is 32.9 Å². The monoisotopic (exact) mass is 310 g/mol. The third-order valence-electron chi connectivity index (χ3n) is 3.05. The van der Waals surface area contributed by atoms with Crippen molar-refractivity contribution in [2.24, 2.45) is 0 Å². The number of nitrogens with one attached hydrogen (secondary N) is 1. The van der Waals surface area contributed by atoms with Crippen LogP contribution in [0.15, 0.2) is 12.2 Å². The van der Waals surface area contributed by atoms with Crippen LogP contribution < -0.4 is 5.32 Å². The lowest BCUT2D eigenvalue weighted by Crippen LogP contribution is -2.58. The zero-order chi connectivity index (χ0) is 15.3. The van der Waals surface area contributed by atoms with Crippen molar-refractivity contribution < 1.29 is 27.7 Å². The van der Waals surface area contributed by atoms with Gasteiger partial charge in [0.15, 0.2) is 6.17 Å². The molecule has 20 heavy (non-hydrogen) atoms. The van der Waals surface area contributed by atoms with Gasteiger partial charge in [0.1, 0.15) is 0 Å². The lowest BCUT2D eigenvalue weighted by Gasteiger charge is -2.37. The van der Waals surface area contributed by atoms with E-state index in [9.17, 15) is 13.2 Å². The topological polar surface area (TPSA) is 113 Å². The summed E-state index contributed by atoms with van der Waals surface area (Å²) in [7, 11) is -0.0998. The molecule has 0 heterocycles. The van der Waals surface area contributed by atoms with Crippen LogP contribution in [0.2, 0.25) is 0 Å². The van der Waals surface area contributed by atoms with Crippen molar-refractivity contribution in [3.8, 4) is 0 Å². The quantitative estimate of drug-likeness (QED) is 0.295. The molecule has 1 atom stereocenters. The van der Waals surface area contributed by atoms with Crippen molar-refractivity contribution >= 4 is 16.0 Å². The Morgan fingerprint density at radius 1 is 1.40 bits per heavy atom. The summed E-state index contributed by atoms with van der Waals surface area (Å²) in [5.74, 6) is -0.465. The largest absolute Gasteiger partial charge is 0.870 e. The molecule has 1 amide bonds. The SMILES string of the molecule is C=C(C)C(=O)NC(CC)[N+](C)(C)CCCS(=O)(=O)O.[OH-]. The lowest BCUT2D eigenvalue weighted by atomic mass is 10.2. The molecule has 0 aliphatic heterocycles. The summed E-state index contributed by atoms with van der Waals surface area (Å²) in [5.41, 5.74) is 0.441. The fourth-order valence-corrected chi connectivity index (χ4v) is 2.35. The summed E-state index contributed by atoms with van der Waals surface area (Å²) in [6.45, 7) is 7.71. The van der Waals surface area contributed by atoms with E-state index in [2.05, 4.69) is 11.9 Å². The van der Waals surface area contributed by atoms with E-state index in [1.165, 1.54) is 0 Å². The van der Waals surface area contributed by atoms with Crippen LogP contribution in [-0.4, -0.2) is 61.4 Å². The minimum atomic E-state index is -3.93. The van der Waals surface area contributed by atoms with Gasteiger partial charge in [0, 0.05) is 18.4 Å². The molecule has 0 aromatic carbocycles. The molecule has 0 aliphatic carbocycles. The van der Waals surface area contributed by atoms with Gasteiger partial charge in [-0.05, 0) is 6.92 Å². The first-order valence-corrected chi connectivity index (χ1v) is 7.84. The second-order valence-corrected chi connectivity index (χ2v) is 6.89. The zero-order valence-electron chi connectivity index (χ0n) is 12.6. The van der Waals surface area contributed by atoms with Crippen molar-refractivity contribution in [3.63, 3.8) is 0 Å². The molecule has 7 nitrogen and oxygen atoms in total. The van der Waals surface area contributed by atoms with Crippen LogP contribution in [0.5, 0.6) is 0 Å². The highest BCUT2D eigenvalue weighted by atomic mass is 32.2. The Hall–Kier alpha value is -0.960. The van der Waals surface area contributed by atoms with Crippen molar-refractivity contribution in [1.29, 1.82) is 0 Å². The maximum absolute atomic E-state index is 11.6. The van der Waals surface area contributed by atoms with Gasteiger partial charge in [-0.2, -0.15) is 8.42 Å². The highest BCUT2D eigenvalue weighted by Gasteiger charge is 2.28. The second kappa shape index (κ2) is 8.35. The highest BCUT2D eigenvalue weighted by molar-refractivity contribution is 7.85. The summed E-state index contributed by atoms with van der Waals surface area (Å²) < 4.78 is 30.5. The Labute approximate surface area is 121 Å². The van der Waals surface area contributed by atoms with E-state index in [-0.39, 0.29) is 23.3 Å². The number of carbonyl (C=O) groups excluding carboxylic acids is 1. The van der Waals surface area contributed by atoms with Crippen LogP contribution in [0.4, 0.5) is 0 Å². The molecule has 120 valence electrons. The third-order valence-corrected chi connectivity index (χ3v) is 3.86. The number of quaternary nitrogens is 1. The van der Waals surface area contributed by atoms with Gasteiger partial charge < -0.3 is 15.3 Å². The molecular weight excluding hydrogens is 284 g/mol. The Morgan fingerprint density at radius 3 is 2.25 bits per heavy atom. The number of carbonyl (C=O) groups is 1. The van der Waals surface area contributed by atoms with Gasteiger partial charge in [-0.25, -0.2) is 0 Å². The smallest absolute Gasteiger partial charge is 0.265 e. The first-order chi connectivity index (χ1) is 8.49. The normalized spacial score (nSPS) is 13.2. The van der Waals surface area contributed by atoms with Gasteiger partial charge in [0.05, 0.1) is 26.4 Å². The Morgan fingerprint density at radius 2 is 1.90 bits per heavy atom. The minimum absolute atomic E-state index is 0. The van der Waals surface area contributed by atoms with E-state index in [0.29, 0.717) is 23.0 Å². The van der Waals surface area contributed by atoms with E-state index in [4.69, 9.17) is 4.55 Å². The Bertz CT molecular complexity index is 431. The molecule has 0 aromatic rings. The average molecular weight is 310 g/mol. The number of hydrogen-bond acceptors (Lipinski definition) is 4. The number of amides is 1. The highest BCUT2D eigenvalue weighted by Crippen LogP contribution is 2.10. The summed E-state index contributed by atoms with van der Waals surface area (Å²) in [5, 5.41) is 2.88. The summed E-state index contributed by atoms with van der Waals surface area (Å²) in [6, 6.07) is 0. The molecule has 0 bridgehead atoms. The van der Waals surface area contributed by atoms with E-state index in [0.717, 1.165) is 6.42 Å². The molecule has 3 N–H and O–H groups in total. The number of hydrogen-bond donors (Lipinski definition) is 2. The summed E-state index contributed by atoms with van der Waals surface area (Å²) >= 11 is 0. The molecule has 0 fully saturated rings. The van der Waals surface area contributed by atoms with E-state index < -0.39 is 10.1 Å². The Balaban J connectivity index is 0. The van der Waals surface area contributed by atoms with Crippen LogP contribution in [0.25, 0.3) is 0 Å². The van der Waals surface area contributed by atoms with E-state index in [1.54, 1.807) is 6.92 Å². The standard InChI is InChI=1S/C12H24N2O4S.H2O/c1-6-11(13-12(15)10(2)3)14(4,5)8-7-9-19(16,17)18;/h11H,2,6-9H2,1,3-5H3,(H-,13,15,16,17,18);1H2. The fraction of sp³-hybridized carbons (Fsp3) is 0.750. The second-order valence-electron chi connectivity index (χ2n) is 5.32. The van der Waals surface area contributed by atoms with Gasteiger partial charge in [0.25, 0.3) is 16.0 Å². The van der Waals surface area contributed by atoms with Crippen molar-refractivity contribution in [1.82, 2.24) is 5.32 Å². The molecule has 8 heteroatoms. The molecular formula is C12H26N2O5S. The van der Waals surface area contributed by atoms with Gasteiger partial charge in [-0.3, -0.25) is 9.35 Å². The molecule has 1 unspecified atom stereocenters.